The van der Waals surface area contributed by atoms with Crippen molar-refractivity contribution in [3.63, 3.8) is 0 Å². The molecule has 5 heteroatoms. The summed E-state index contributed by atoms with van der Waals surface area (Å²) in [4.78, 5) is 0. The van der Waals surface area contributed by atoms with Crippen molar-refractivity contribution in [1.82, 2.24) is 0 Å². The van der Waals surface area contributed by atoms with Gasteiger partial charge in [0, 0.05) is 13.2 Å². The van der Waals surface area contributed by atoms with Gasteiger partial charge in [-0.3, -0.25) is 0 Å². The van der Waals surface area contributed by atoms with E-state index in [1.54, 1.807) is 7.11 Å². The molecule has 0 aliphatic rings. The molecule has 2 atom stereocenters. The molecule has 0 heterocycles. The average molecular weight is 269 g/mol. The van der Waals surface area contributed by atoms with E-state index in [9.17, 15) is 5.11 Å². The lowest BCUT2D eigenvalue weighted by atomic mass is 10.1. The molecule has 0 bridgehead atoms. The monoisotopic (exact) mass is 269 g/mol. The van der Waals surface area contributed by atoms with E-state index in [0.29, 0.717) is 19.0 Å². The number of aliphatic hydroxyl groups is 1. The summed E-state index contributed by atoms with van der Waals surface area (Å²) in [5.41, 5.74) is 6.81. The summed E-state index contributed by atoms with van der Waals surface area (Å²) in [6.45, 7) is 3.35. The molecule has 3 N–H and O–H groups in total. The van der Waals surface area contributed by atoms with Gasteiger partial charge in [-0.1, -0.05) is 12.1 Å². The molecule has 0 spiro atoms. The average Bonchev–Trinajstić information content (AvgIpc) is 2.42. The van der Waals surface area contributed by atoms with Crippen LogP contribution in [0.4, 0.5) is 0 Å². The summed E-state index contributed by atoms with van der Waals surface area (Å²) in [5, 5.41) is 9.64. The molecule has 0 aromatic heterocycles. The third-order valence-electron chi connectivity index (χ3n) is 2.59. The molecule has 0 aliphatic carbocycles. The summed E-state index contributed by atoms with van der Waals surface area (Å²) in [6.07, 6.45) is -0.648. The third kappa shape index (κ3) is 6.54. The topological polar surface area (TPSA) is 73.9 Å². The Bertz CT molecular complexity index is 340. The molecule has 1 aromatic rings. The van der Waals surface area contributed by atoms with Gasteiger partial charge < -0.3 is 25.1 Å². The van der Waals surface area contributed by atoms with Crippen LogP contribution in [-0.4, -0.2) is 44.7 Å². The van der Waals surface area contributed by atoms with Crippen molar-refractivity contribution >= 4 is 0 Å². The number of nitrogens with two attached hydrogens (primary N) is 1. The molecule has 0 saturated carbocycles. The maximum absolute atomic E-state index is 9.64. The molecular weight excluding hydrogens is 246 g/mol. The van der Waals surface area contributed by atoms with Gasteiger partial charge in [-0.25, -0.2) is 0 Å². The van der Waals surface area contributed by atoms with Crippen LogP contribution in [0.1, 0.15) is 18.5 Å². The predicted molar refractivity (Wildman–Crippen MR) is 73.2 cm³/mol. The molecule has 0 amide bonds. The highest BCUT2D eigenvalue weighted by atomic mass is 16.5. The highest BCUT2D eigenvalue weighted by Crippen LogP contribution is 2.16. The molecule has 108 valence electrons. The zero-order valence-electron chi connectivity index (χ0n) is 11.5. The molecule has 0 fully saturated rings. The fourth-order valence-electron chi connectivity index (χ4n) is 1.47. The minimum atomic E-state index is -0.648. The molecule has 0 saturated heterocycles. The van der Waals surface area contributed by atoms with E-state index < -0.39 is 6.10 Å². The van der Waals surface area contributed by atoms with Crippen molar-refractivity contribution < 1.29 is 19.3 Å². The quantitative estimate of drug-likeness (QED) is 0.657. The van der Waals surface area contributed by atoms with Gasteiger partial charge in [0.15, 0.2) is 0 Å². The van der Waals surface area contributed by atoms with E-state index in [1.165, 1.54) is 0 Å². The SMILES string of the molecule is COCCOCC(O)COc1ccc([C@H](C)N)cc1. The highest BCUT2D eigenvalue weighted by Gasteiger charge is 2.06. The number of hydrogen-bond donors (Lipinski definition) is 2. The summed E-state index contributed by atoms with van der Waals surface area (Å²) >= 11 is 0. The Balaban J connectivity index is 2.24. The summed E-state index contributed by atoms with van der Waals surface area (Å²) in [5.74, 6) is 0.709. The highest BCUT2D eigenvalue weighted by molar-refractivity contribution is 5.28. The minimum Gasteiger partial charge on any atom is -0.491 e. The van der Waals surface area contributed by atoms with E-state index in [1.807, 2.05) is 31.2 Å². The zero-order chi connectivity index (χ0) is 14.1. The van der Waals surface area contributed by atoms with Gasteiger partial charge in [-0.05, 0) is 24.6 Å². The van der Waals surface area contributed by atoms with Crippen LogP contribution < -0.4 is 10.5 Å². The first-order valence-corrected chi connectivity index (χ1v) is 6.36. The lowest BCUT2D eigenvalue weighted by Crippen LogP contribution is -2.24. The van der Waals surface area contributed by atoms with Gasteiger partial charge in [0.05, 0.1) is 19.8 Å². The normalized spacial score (nSPS) is 14.1. The van der Waals surface area contributed by atoms with E-state index in [2.05, 4.69) is 0 Å². The third-order valence-corrected chi connectivity index (χ3v) is 2.59. The molecule has 0 aliphatic heterocycles. The Morgan fingerprint density at radius 2 is 1.84 bits per heavy atom. The largest absolute Gasteiger partial charge is 0.491 e. The Morgan fingerprint density at radius 3 is 2.42 bits per heavy atom. The first kappa shape index (κ1) is 15.9. The van der Waals surface area contributed by atoms with E-state index in [4.69, 9.17) is 19.9 Å². The Kier molecular flexibility index (Phi) is 7.43. The minimum absolute atomic E-state index is 0.00817. The molecule has 1 aromatic carbocycles. The number of methoxy groups -OCH3 is 1. The lowest BCUT2D eigenvalue weighted by molar-refractivity contribution is -0.00419. The van der Waals surface area contributed by atoms with Crippen molar-refractivity contribution in [2.45, 2.75) is 19.1 Å². The number of hydrogen-bond acceptors (Lipinski definition) is 5. The fourth-order valence-corrected chi connectivity index (χ4v) is 1.47. The van der Waals surface area contributed by atoms with Gasteiger partial charge >= 0.3 is 0 Å². The predicted octanol–water partition coefficient (Wildman–Crippen LogP) is 1.11. The second-order valence-electron chi connectivity index (χ2n) is 4.39. The van der Waals surface area contributed by atoms with E-state index in [0.717, 1.165) is 5.56 Å². The van der Waals surface area contributed by atoms with Crippen molar-refractivity contribution in [1.29, 1.82) is 0 Å². The second-order valence-corrected chi connectivity index (χ2v) is 4.39. The second kappa shape index (κ2) is 8.87. The van der Waals surface area contributed by atoms with Gasteiger partial charge in [0.1, 0.15) is 18.5 Å². The van der Waals surface area contributed by atoms with Gasteiger partial charge in [-0.2, -0.15) is 0 Å². The standard InChI is InChI=1S/C14H23NO4/c1-11(15)12-3-5-14(6-4-12)19-10-13(16)9-18-8-7-17-2/h3-6,11,13,16H,7-10,15H2,1-2H3/t11-,13?/m0/s1. The van der Waals surface area contributed by atoms with Crippen molar-refractivity contribution in [3.05, 3.63) is 29.8 Å². The maximum atomic E-state index is 9.64. The summed E-state index contributed by atoms with van der Waals surface area (Å²) in [6, 6.07) is 7.53. The molecule has 1 rings (SSSR count). The van der Waals surface area contributed by atoms with Gasteiger partial charge in [0.2, 0.25) is 0 Å². The van der Waals surface area contributed by atoms with Crippen LogP contribution in [0, 0.1) is 0 Å². The summed E-state index contributed by atoms with van der Waals surface area (Å²) in [7, 11) is 1.61. The number of aliphatic hydroxyl groups excluding tert-OH is 1. The van der Waals surface area contributed by atoms with Crippen molar-refractivity contribution in [2.24, 2.45) is 5.73 Å². The van der Waals surface area contributed by atoms with Crippen LogP contribution in [0.25, 0.3) is 0 Å². The molecule has 19 heavy (non-hydrogen) atoms. The van der Waals surface area contributed by atoms with Crippen LogP contribution >= 0.6 is 0 Å². The maximum Gasteiger partial charge on any atom is 0.119 e. The molecule has 5 nitrogen and oxygen atoms in total. The van der Waals surface area contributed by atoms with Crippen molar-refractivity contribution in [2.75, 3.05) is 33.5 Å². The molecular formula is C14H23NO4. The van der Waals surface area contributed by atoms with Crippen LogP contribution in [0.15, 0.2) is 24.3 Å². The van der Waals surface area contributed by atoms with Gasteiger partial charge in [-0.15, -0.1) is 0 Å². The Morgan fingerprint density at radius 1 is 1.16 bits per heavy atom. The zero-order valence-corrected chi connectivity index (χ0v) is 11.5. The van der Waals surface area contributed by atoms with Crippen LogP contribution in [0.2, 0.25) is 0 Å². The van der Waals surface area contributed by atoms with E-state index >= 15 is 0 Å². The molecule has 0 radical (unpaired) electrons. The Labute approximate surface area is 114 Å². The lowest BCUT2D eigenvalue weighted by Gasteiger charge is -2.13. The number of rotatable bonds is 9. The first-order chi connectivity index (χ1) is 9.13. The van der Waals surface area contributed by atoms with E-state index in [-0.39, 0.29) is 19.3 Å². The van der Waals surface area contributed by atoms with Crippen LogP contribution in [-0.2, 0) is 9.47 Å². The fraction of sp³-hybridized carbons (Fsp3) is 0.571. The van der Waals surface area contributed by atoms with Crippen molar-refractivity contribution in [3.8, 4) is 5.75 Å². The first-order valence-electron chi connectivity index (χ1n) is 6.36. The number of ether oxygens (including phenoxy) is 3. The van der Waals surface area contributed by atoms with Crippen LogP contribution in [0.5, 0.6) is 5.75 Å². The van der Waals surface area contributed by atoms with Gasteiger partial charge in [0.25, 0.3) is 0 Å². The smallest absolute Gasteiger partial charge is 0.119 e. The Hall–Kier alpha value is -1.14. The van der Waals surface area contributed by atoms with Crippen LogP contribution in [0.3, 0.4) is 0 Å². The summed E-state index contributed by atoms with van der Waals surface area (Å²) < 4.78 is 15.5. The molecule has 1 unspecified atom stereocenters. The number of benzene rings is 1.